The van der Waals surface area contributed by atoms with Gasteiger partial charge in [-0.25, -0.2) is 8.42 Å². The number of carbonyl (C=O) groups excluding carboxylic acids is 1. The van der Waals surface area contributed by atoms with Crippen LogP contribution in [0.3, 0.4) is 0 Å². The average Bonchev–Trinajstić information content (AvgIpc) is 2.76. The van der Waals surface area contributed by atoms with Crippen molar-refractivity contribution in [2.24, 2.45) is 0 Å². The molecule has 1 fully saturated rings. The normalized spacial score (nSPS) is 18.7. The number of carbonyl (C=O) groups is 1. The molecule has 0 aromatic heterocycles. The molecule has 2 rings (SSSR count). The molecule has 0 unspecified atom stereocenters. The van der Waals surface area contributed by atoms with Gasteiger partial charge in [-0.05, 0) is 24.5 Å². The Morgan fingerprint density at radius 3 is 2.50 bits per heavy atom. The molecule has 1 aliphatic rings. The van der Waals surface area contributed by atoms with E-state index in [9.17, 15) is 13.2 Å². The zero-order valence-electron chi connectivity index (χ0n) is 10.6. The van der Waals surface area contributed by atoms with Crippen molar-refractivity contribution in [2.45, 2.75) is 31.1 Å². The van der Waals surface area contributed by atoms with Crippen LogP contribution in [0, 0.1) is 0 Å². The fourth-order valence-corrected chi connectivity index (χ4v) is 4.47. The van der Waals surface area contributed by atoms with Crippen LogP contribution in [0.1, 0.15) is 41.6 Å². The van der Waals surface area contributed by atoms with E-state index in [4.69, 9.17) is 0 Å². The van der Waals surface area contributed by atoms with Crippen LogP contribution in [0.25, 0.3) is 0 Å². The van der Waals surface area contributed by atoms with Gasteiger partial charge in [0.25, 0.3) is 0 Å². The Balaban J connectivity index is 2.43. The van der Waals surface area contributed by atoms with Gasteiger partial charge in [0.15, 0.2) is 0 Å². The first-order valence-corrected chi connectivity index (χ1v) is 8.25. The van der Waals surface area contributed by atoms with Crippen LogP contribution >= 0.6 is 0 Å². The van der Waals surface area contributed by atoms with E-state index in [2.05, 4.69) is 0 Å². The first kappa shape index (κ1) is 13.3. The second-order valence-electron chi connectivity index (χ2n) is 5.30. The molecule has 3 nitrogen and oxygen atoms in total. The van der Waals surface area contributed by atoms with E-state index in [-0.39, 0.29) is 11.2 Å². The van der Waals surface area contributed by atoms with Gasteiger partial charge in [0.1, 0.15) is 16.1 Å². The van der Waals surface area contributed by atoms with Crippen LogP contribution in [0.15, 0.2) is 24.3 Å². The standard InChI is InChI=1S/C14H18O3S/c1-18(16,17)11-14(7-2-3-8-14)13-6-4-5-12(9-13)10-15/h4-6,9-10H,2-3,7-8,11H2,1H3. The summed E-state index contributed by atoms with van der Waals surface area (Å²) in [6.45, 7) is 0. The van der Waals surface area contributed by atoms with Crippen LogP contribution in [0.2, 0.25) is 0 Å². The van der Waals surface area contributed by atoms with Gasteiger partial charge in [0, 0.05) is 17.2 Å². The Bertz CT molecular complexity index is 540. The highest BCUT2D eigenvalue weighted by Crippen LogP contribution is 2.42. The average molecular weight is 266 g/mol. The van der Waals surface area contributed by atoms with Gasteiger partial charge in [-0.2, -0.15) is 0 Å². The third-order valence-electron chi connectivity index (χ3n) is 3.73. The quantitative estimate of drug-likeness (QED) is 0.786. The molecule has 98 valence electrons. The Labute approximate surface area is 108 Å². The Morgan fingerprint density at radius 1 is 1.28 bits per heavy atom. The summed E-state index contributed by atoms with van der Waals surface area (Å²) < 4.78 is 23.3. The van der Waals surface area contributed by atoms with Gasteiger partial charge >= 0.3 is 0 Å². The van der Waals surface area contributed by atoms with Gasteiger partial charge in [-0.15, -0.1) is 0 Å². The summed E-state index contributed by atoms with van der Waals surface area (Å²) in [4.78, 5) is 10.8. The fraction of sp³-hybridized carbons (Fsp3) is 0.500. The maximum atomic E-state index is 11.7. The molecule has 1 aromatic rings. The van der Waals surface area contributed by atoms with Gasteiger partial charge in [0.05, 0.1) is 5.75 Å². The number of hydrogen-bond donors (Lipinski definition) is 0. The predicted molar refractivity (Wildman–Crippen MR) is 71.7 cm³/mol. The molecule has 1 aliphatic carbocycles. The summed E-state index contributed by atoms with van der Waals surface area (Å²) in [6, 6.07) is 7.37. The molecule has 0 bridgehead atoms. The molecular weight excluding hydrogens is 248 g/mol. The number of hydrogen-bond acceptors (Lipinski definition) is 3. The van der Waals surface area contributed by atoms with Crippen LogP contribution in [-0.4, -0.2) is 26.7 Å². The molecule has 0 saturated heterocycles. The van der Waals surface area contributed by atoms with Crippen LogP contribution in [0.5, 0.6) is 0 Å². The summed E-state index contributed by atoms with van der Waals surface area (Å²) >= 11 is 0. The smallest absolute Gasteiger partial charge is 0.150 e. The highest BCUT2D eigenvalue weighted by molar-refractivity contribution is 7.90. The molecule has 4 heteroatoms. The highest BCUT2D eigenvalue weighted by atomic mass is 32.2. The fourth-order valence-electron chi connectivity index (χ4n) is 3.01. The SMILES string of the molecule is CS(=O)(=O)CC1(c2cccc(C=O)c2)CCCC1. The van der Waals surface area contributed by atoms with Crippen molar-refractivity contribution in [1.29, 1.82) is 0 Å². The van der Waals surface area contributed by atoms with E-state index in [1.54, 1.807) is 6.07 Å². The topological polar surface area (TPSA) is 51.2 Å². The van der Waals surface area contributed by atoms with Gasteiger partial charge in [-0.1, -0.05) is 31.0 Å². The second kappa shape index (κ2) is 4.84. The third-order valence-corrected chi connectivity index (χ3v) is 4.81. The van der Waals surface area contributed by atoms with Crippen LogP contribution in [0.4, 0.5) is 0 Å². The lowest BCUT2D eigenvalue weighted by Gasteiger charge is -2.29. The minimum absolute atomic E-state index is 0.183. The molecule has 0 radical (unpaired) electrons. The van der Waals surface area contributed by atoms with Gasteiger partial charge in [0.2, 0.25) is 0 Å². The Kier molecular flexibility index (Phi) is 3.57. The lowest BCUT2D eigenvalue weighted by Crippen LogP contribution is -2.31. The Hall–Kier alpha value is -1.16. The second-order valence-corrected chi connectivity index (χ2v) is 7.44. The summed E-state index contributed by atoms with van der Waals surface area (Å²) in [5.41, 5.74) is 1.33. The zero-order chi connectivity index (χ0) is 13.2. The molecule has 18 heavy (non-hydrogen) atoms. The Morgan fingerprint density at radius 2 is 1.94 bits per heavy atom. The van der Waals surface area contributed by atoms with Crippen molar-refractivity contribution in [3.8, 4) is 0 Å². The molecule has 1 aromatic carbocycles. The number of benzene rings is 1. The first-order valence-electron chi connectivity index (χ1n) is 6.19. The molecule has 0 amide bonds. The molecule has 0 heterocycles. The van der Waals surface area contributed by atoms with Crippen LogP contribution < -0.4 is 0 Å². The minimum atomic E-state index is -3.02. The lowest BCUT2D eigenvalue weighted by atomic mass is 9.80. The summed E-state index contributed by atoms with van der Waals surface area (Å²) in [5, 5.41) is 0. The summed E-state index contributed by atoms with van der Waals surface area (Å²) in [7, 11) is -3.02. The van der Waals surface area contributed by atoms with Crippen molar-refractivity contribution in [3.05, 3.63) is 35.4 Å². The minimum Gasteiger partial charge on any atom is -0.298 e. The predicted octanol–water partition coefficient (Wildman–Crippen LogP) is 2.36. The van der Waals surface area contributed by atoms with Gasteiger partial charge < -0.3 is 0 Å². The van der Waals surface area contributed by atoms with Crippen molar-refractivity contribution in [2.75, 3.05) is 12.0 Å². The molecule has 0 spiro atoms. The summed E-state index contributed by atoms with van der Waals surface area (Å²) in [6.07, 6.45) is 6.00. The highest BCUT2D eigenvalue weighted by Gasteiger charge is 2.38. The largest absolute Gasteiger partial charge is 0.298 e. The number of aldehydes is 1. The van der Waals surface area contributed by atoms with Crippen molar-refractivity contribution >= 4 is 16.1 Å². The lowest BCUT2D eigenvalue weighted by molar-refractivity contribution is 0.112. The third kappa shape index (κ3) is 2.80. The zero-order valence-corrected chi connectivity index (χ0v) is 11.4. The maximum absolute atomic E-state index is 11.7. The molecular formula is C14H18O3S. The van der Waals surface area contributed by atoms with Gasteiger partial charge in [-0.3, -0.25) is 4.79 Å². The van der Waals surface area contributed by atoms with E-state index < -0.39 is 9.84 Å². The molecule has 1 saturated carbocycles. The number of sulfone groups is 1. The molecule has 0 N–H and O–H groups in total. The first-order chi connectivity index (χ1) is 8.45. The van der Waals surface area contributed by atoms with E-state index in [1.165, 1.54) is 6.26 Å². The monoisotopic (exact) mass is 266 g/mol. The van der Waals surface area contributed by atoms with Crippen molar-refractivity contribution in [3.63, 3.8) is 0 Å². The van der Waals surface area contributed by atoms with Crippen molar-refractivity contribution in [1.82, 2.24) is 0 Å². The van der Waals surface area contributed by atoms with E-state index in [0.717, 1.165) is 37.5 Å². The molecule has 0 atom stereocenters. The molecule has 0 aliphatic heterocycles. The van der Waals surface area contributed by atoms with E-state index in [1.807, 2.05) is 18.2 Å². The number of rotatable bonds is 4. The van der Waals surface area contributed by atoms with E-state index in [0.29, 0.717) is 5.56 Å². The van der Waals surface area contributed by atoms with Crippen LogP contribution in [-0.2, 0) is 15.3 Å². The van der Waals surface area contributed by atoms with E-state index >= 15 is 0 Å². The maximum Gasteiger partial charge on any atom is 0.150 e. The summed E-state index contributed by atoms with van der Waals surface area (Å²) in [5.74, 6) is 0.183. The van der Waals surface area contributed by atoms with Crippen molar-refractivity contribution < 1.29 is 13.2 Å².